The molecule has 1 N–H and O–H groups in total. The topological polar surface area (TPSA) is 82.8 Å². The van der Waals surface area contributed by atoms with E-state index < -0.39 is 10.0 Å². The fraction of sp³-hybridized carbons (Fsp3) is 0.200. The fourth-order valence-corrected chi connectivity index (χ4v) is 4.98. The van der Waals surface area contributed by atoms with Gasteiger partial charge in [-0.2, -0.15) is 5.26 Å². The van der Waals surface area contributed by atoms with Crippen molar-refractivity contribution in [1.82, 2.24) is 4.98 Å². The van der Waals surface area contributed by atoms with Crippen molar-refractivity contribution < 1.29 is 8.42 Å². The molecule has 2 aromatic heterocycles. The van der Waals surface area contributed by atoms with E-state index >= 15 is 0 Å². The van der Waals surface area contributed by atoms with Gasteiger partial charge in [-0.05, 0) is 19.4 Å². The second-order valence-electron chi connectivity index (χ2n) is 3.64. The molecule has 0 amide bonds. The Labute approximate surface area is 123 Å². The van der Waals surface area contributed by atoms with Gasteiger partial charge in [0.1, 0.15) is 11.1 Å². The van der Waals surface area contributed by atoms with Crippen LogP contribution in [0.1, 0.15) is 16.0 Å². The number of nitrogens with zero attached hydrogens (tertiary/aromatic N) is 2. The third kappa shape index (κ3) is 2.74. The molecular weight excluding hydrogens is 326 g/mol. The maximum absolute atomic E-state index is 12.1. The summed E-state index contributed by atoms with van der Waals surface area (Å²) < 4.78 is 26.8. The number of thiophene rings is 1. The molecule has 0 aliphatic carbocycles. The summed E-state index contributed by atoms with van der Waals surface area (Å²) in [6, 6.07) is 2.01. The van der Waals surface area contributed by atoms with Crippen LogP contribution in [-0.4, -0.2) is 13.4 Å². The van der Waals surface area contributed by atoms with E-state index in [9.17, 15) is 8.42 Å². The number of halogens is 1. The van der Waals surface area contributed by atoms with Gasteiger partial charge in [-0.1, -0.05) is 22.9 Å². The Hall–Kier alpha value is -1.14. The standard InChI is InChI=1S/C10H8ClN3O2S3/c1-5-6(2)17-9(7(5)3-12)14-19(15,16)8-4-13-10(11)18-8/h4,14H,1-2H3. The molecule has 19 heavy (non-hydrogen) atoms. The maximum Gasteiger partial charge on any atom is 0.273 e. The summed E-state index contributed by atoms with van der Waals surface area (Å²) in [4.78, 5) is 4.59. The second kappa shape index (κ2) is 5.09. The molecule has 0 aliphatic rings. The highest BCUT2D eigenvalue weighted by Crippen LogP contribution is 2.34. The lowest BCUT2D eigenvalue weighted by Crippen LogP contribution is -2.11. The molecule has 0 spiro atoms. The molecular formula is C10H8ClN3O2S3. The number of hydrogen-bond donors (Lipinski definition) is 1. The van der Waals surface area contributed by atoms with E-state index in [2.05, 4.69) is 9.71 Å². The summed E-state index contributed by atoms with van der Waals surface area (Å²) in [5.74, 6) is 0. The Balaban J connectivity index is 2.42. The van der Waals surface area contributed by atoms with Gasteiger partial charge >= 0.3 is 0 Å². The van der Waals surface area contributed by atoms with Crippen LogP contribution in [0.2, 0.25) is 4.47 Å². The predicted molar refractivity (Wildman–Crippen MR) is 76.4 cm³/mol. The lowest BCUT2D eigenvalue weighted by atomic mass is 10.2. The van der Waals surface area contributed by atoms with E-state index in [1.54, 1.807) is 6.92 Å². The smallest absolute Gasteiger partial charge is 0.269 e. The first-order chi connectivity index (χ1) is 8.85. The normalized spacial score (nSPS) is 11.3. The Bertz CT molecular complexity index is 771. The summed E-state index contributed by atoms with van der Waals surface area (Å²) in [5, 5.41) is 9.40. The number of hydrogen-bond acceptors (Lipinski definition) is 6. The zero-order valence-corrected chi connectivity index (χ0v) is 13.1. The van der Waals surface area contributed by atoms with Gasteiger partial charge in [0.05, 0.1) is 11.8 Å². The van der Waals surface area contributed by atoms with E-state index in [4.69, 9.17) is 16.9 Å². The van der Waals surface area contributed by atoms with E-state index in [1.165, 1.54) is 17.5 Å². The minimum absolute atomic E-state index is 0.0186. The van der Waals surface area contributed by atoms with Crippen molar-refractivity contribution in [3.8, 4) is 6.07 Å². The van der Waals surface area contributed by atoms with Crippen molar-refractivity contribution in [2.24, 2.45) is 0 Å². The third-order valence-electron chi connectivity index (χ3n) is 2.45. The molecule has 2 heterocycles. The van der Waals surface area contributed by atoms with Crippen molar-refractivity contribution in [2.75, 3.05) is 4.72 Å². The van der Waals surface area contributed by atoms with Crippen LogP contribution in [0.25, 0.3) is 0 Å². The Morgan fingerprint density at radius 3 is 2.63 bits per heavy atom. The number of aromatic nitrogens is 1. The molecule has 5 nitrogen and oxygen atoms in total. The van der Waals surface area contributed by atoms with Crippen molar-refractivity contribution in [3.63, 3.8) is 0 Å². The first kappa shape index (κ1) is 14.3. The highest BCUT2D eigenvalue weighted by Gasteiger charge is 2.22. The zero-order valence-electron chi connectivity index (χ0n) is 9.89. The van der Waals surface area contributed by atoms with Crippen LogP contribution in [0.4, 0.5) is 5.00 Å². The molecule has 0 radical (unpaired) electrons. The highest BCUT2D eigenvalue weighted by molar-refractivity contribution is 7.94. The monoisotopic (exact) mass is 333 g/mol. The summed E-state index contributed by atoms with van der Waals surface area (Å²) >= 11 is 7.72. The maximum atomic E-state index is 12.1. The van der Waals surface area contributed by atoms with Crippen LogP contribution in [0.3, 0.4) is 0 Å². The molecule has 0 saturated carbocycles. The summed E-state index contributed by atoms with van der Waals surface area (Å²) in [5.41, 5.74) is 1.13. The minimum atomic E-state index is -3.75. The van der Waals surface area contributed by atoms with Gasteiger partial charge < -0.3 is 0 Å². The zero-order chi connectivity index (χ0) is 14.2. The number of aryl methyl sites for hydroxylation is 1. The molecule has 0 fully saturated rings. The van der Waals surface area contributed by atoms with Crippen molar-refractivity contribution in [1.29, 1.82) is 5.26 Å². The number of rotatable bonds is 3. The van der Waals surface area contributed by atoms with E-state index in [1.807, 2.05) is 13.0 Å². The van der Waals surface area contributed by atoms with Crippen LogP contribution in [0.5, 0.6) is 0 Å². The average Bonchev–Trinajstić information content (AvgIpc) is 2.85. The Morgan fingerprint density at radius 2 is 2.11 bits per heavy atom. The fourth-order valence-electron chi connectivity index (χ4n) is 1.37. The lowest BCUT2D eigenvalue weighted by Gasteiger charge is -2.03. The molecule has 2 aromatic rings. The summed E-state index contributed by atoms with van der Waals surface area (Å²) in [7, 11) is -3.75. The molecule has 0 saturated heterocycles. The molecule has 0 atom stereocenters. The van der Waals surface area contributed by atoms with Crippen LogP contribution < -0.4 is 4.72 Å². The van der Waals surface area contributed by atoms with E-state index in [-0.39, 0.29) is 8.68 Å². The molecule has 100 valence electrons. The molecule has 0 bridgehead atoms. The molecule has 0 unspecified atom stereocenters. The Morgan fingerprint density at radius 1 is 1.42 bits per heavy atom. The van der Waals surface area contributed by atoms with Crippen molar-refractivity contribution in [3.05, 3.63) is 26.7 Å². The predicted octanol–water partition coefficient (Wildman–Crippen LogP) is 3.15. The largest absolute Gasteiger partial charge is 0.273 e. The van der Waals surface area contributed by atoms with Gasteiger partial charge in [0.15, 0.2) is 8.68 Å². The number of nitrogens with one attached hydrogen (secondary N) is 1. The van der Waals surface area contributed by atoms with Crippen LogP contribution in [-0.2, 0) is 10.0 Å². The van der Waals surface area contributed by atoms with Crippen molar-refractivity contribution >= 4 is 49.3 Å². The first-order valence-electron chi connectivity index (χ1n) is 4.99. The molecule has 2 rings (SSSR count). The number of sulfonamides is 1. The minimum Gasteiger partial charge on any atom is -0.269 e. The quantitative estimate of drug-likeness (QED) is 0.935. The van der Waals surface area contributed by atoms with Gasteiger partial charge in [0.25, 0.3) is 10.0 Å². The van der Waals surface area contributed by atoms with Gasteiger partial charge in [0.2, 0.25) is 0 Å². The summed E-state index contributed by atoms with van der Waals surface area (Å²) in [6.07, 6.45) is 1.19. The highest BCUT2D eigenvalue weighted by atomic mass is 35.5. The SMILES string of the molecule is Cc1sc(NS(=O)(=O)c2cnc(Cl)s2)c(C#N)c1C. The number of anilines is 1. The van der Waals surface area contributed by atoms with Gasteiger partial charge in [-0.3, -0.25) is 4.72 Å². The molecule has 9 heteroatoms. The van der Waals surface area contributed by atoms with Crippen LogP contribution in [0, 0.1) is 25.2 Å². The van der Waals surface area contributed by atoms with Gasteiger partial charge in [0, 0.05) is 4.88 Å². The van der Waals surface area contributed by atoms with Crippen LogP contribution in [0.15, 0.2) is 10.4 Å². The molecule has 0 aliphatic heterocycles. The van der Waals surface area contributed by atoms with Crippen molar-refractivity contribution in [2.45, 2.75) is 18.1 Å². The third-order valence-corrected chi connectivity index (χ3v) is 6.62. The number of nitriles is 1. The number of thiazole rings is 1. The first-order valence-corrected chi connectivity index (χ1v) is 8.49. The van der Waals surface area contributed by atoms with E-state index in [0.29, 0.717) is 10.6 Å². The Kier molecular flexibility index (Phi) is 3.82. The van der Waals surface area contributed by atoms with E-state index in [0.717, 1.165) is 21.8 Å². The van der Waals surface area contributed by atoms with Crippen LogP contribution >= 0.6 is 34.3 Å². The van der Waals surface area contributed by atoms with Gasteiger partial charge in [-0.15, -0.1) is 11.3 Å². The summed E-state index contributed by atoms with van der Waals surface area (Å²) in [6.45, 7) is 3.62. The lowest BCUT2D eigenvalue weighted by molar-refractivity contribution is 0.603. The average molecular weight is 334 g/mol. The molecule has 0 aromatic carbocycles. The second-order valence-corrected chi connectivity index (χ2v) is 8.38. The van der Waals surface area contributed by atoms with Gasteiger partial charge in [-0.25, -0.2) is 13.4 Å².